The lowest BCUT2D eigenvalue weighted by Gasteiger charge is -2.23. The van der Waals surface area contributed by atoms with Crippen LogP contribution in [0.1, 0.15) is 20.3 Å². The van der Waals surface area contributed by atoms with Gasteiger partial charge in [0.05, 0.1) is 7.11 Å². The van der Waals surface area contributed by atoms with Crippen LogP contribution in [0.15, 0.2) is 0 Å². The second-order valence-corrected chi connectivity index (χ2v) is 5.58. The summed E-state index contributed by atoms with van der Waals surface area (Å²) in [7, 11) is 1.26. The van der Waals surface area contributed by atoms with Gasteiger partial charge in [0.1, 0.15) is 12.1 Å². The normalized spacial score (nSPS) is 13.4. The largest absolute Gasteiger partial charge is 0.467 e. The number of ether oxygens (including phenoxy) is 1. The van der Waals surface area contributed by atoms with Crippen LogP contribution >= 0.6 is 11.8 Å². The maximum absolute atomic E-state index is 12.1. The van der Waals surface area contributed by atoms with Gasteiger partial charge in [0.25, 0.3) is 0 Å². The van der Waals surface area contributed by atoms with Crippen molar-refractivity contribution in [2.45, 2.75) is 32.4 Å². The van der Waals surface area contributed by atoms with Gasteiger partial charge in [-0.15, -0.1) is 0 Å². The first-order valence-electron chi connectivity index (χ1n) is 6.26. The molecule has 0 heterocycles. The zero-order valence-electron chi connectivity index (χ0n) is 12.3. The van der Waals surface area contributed by atoms with Crippen LogP contribution < -0.4 is 16.4 Å². The summed E-state index contributed by atoms with van der Waals surface area (Å²) in [6.07, 6.45) is 2.33. The SMILES string of the molecule is COC(=O)C(NC(=O)C(CCSC)NC(N)=O)C(C)C. The van der Waals surface area contributed by atoms with Crippen molar-refractivity contribution in [2.75, 3.05) is 19.1 Å². The van der Waals surface area contributed by atoms with E-state index in [1.54, 1.807) is 25.6 Å². The van der Waals surface area contributed by atoms with Crippen molar-refractivity contribution in [3.63, 3.8) is 0 Å². The minimum Gasteiger partial charge on any atom is -0.467 e. The van der Waals surface area contributed by atoms with Gasteiger partial charge < -0.3 is 21.1 Å². The molecule has 0 aromatic heterocycles. The fraction of sp³-hybridized carbons (Fsp3) is 0.750. The molecule has 20 heavy (non-hydrogen) atoms. The Morgan fingerprint density at radius 2 is 1.85 bits per heavy atom. The van der Waals surface area contributed by atoms with Gasteiger partial charge in [-0.1, -0.05) is 13.8 Å². The number of amides is 3. The van der Waals surface area contributed by atoms with E-state index in [0.717, 1.165) is 0 Å². The Morgan fingerprint density at radius 1 is 1.25 bits per heavy atom. The molecule has 0 aromatic rings. The molecule has 7 nitrogen and oxygen atoms in total. The molecule has 0 radical (unpaired) electrons. The number of nitrogens with two attached hydrogens (primary N) is 1. The smallest absolute Gasteiger partial charge is 0.328 e. The summed E-state index contributed by atoms with van der Waals surface area (Å²) >= 11 is 1.55. The average Bonchev–Trinajstić information content (AvgIpc) is 2.38. The van der Waals surface area contributed by atoms with Crippen molar-refractivity contribution in [2.24, 2.45) is 11.7 Å². The molecule has 0 spiro atoms. The van der Waals surface area contributed by atoms with Crippen molar-refractivity contribution in [1.29, 1.82) is 0 Å². The summed E-state index contributed by atoms with van der Waals surface area (Å²) in [5, 5.41) is 4.97. The Morgan fingerprint density at radius 3 is 2.25 bits per heavy atom. The van der Waals surface area contributed by atoms with Crippen LogP contribution in [-0.4, -0.2) is 49.1 Å². The Kier molecular flexibility index (Phi) is 8.78. The van der Waals surface area contributed by atoms with E-state index >= 15 is 0 Å². The Hall–Kier alpha value is -1.44. The minimum atomic E-state index is -0.773. The molecule has 0 aliphatic carbocycles. The molecule has 0 rings (SSSR count). The Bertz CT molecular complexity index is 350. The lowest BCUT2D eigenvalue weighted by atomic mass is 10.0. The third-order valence-corrected chi connectivity index (χ3v) is 3.31. The van der Waals surface area contributed by atoms with Gasteiger partial charge in [-0.2, -0.15) is 11.8 Å². The predicted octanol–water partition coefficient (Wildman–Crippen LogP) is 0.0902. The summed E-state index contributed by atoms with van der Waals surface area (Å²) in [5.41, 5.74) is 5.05. The molecule has 0 aliphatic rings. The van der Waals surface area contributed by atoms with Gasteiger partial charge in [-0.3, -0.25) is 4.79 Å². The van der Waals surface area contributed by atoms with Crippen molar-refractivity contribution < 1.29 is 19.1 Å². The highest BCUT2D eigenvalue weighted by Crippen LogP contribution is 2.06. The molecule has 116 valence electrons. The number of esters is 1. The first kappa shape index (κ1) is 18.6. The molecule has 0 saturated carbocycles. The summed E-state index contributed by atoms with van der Waals surface area (Å²) in [6, 6.07) is -2.28. The van der Waals surface area contributed by atoms with Gasteiger partial charge in [-0.05, 0) is 24.3 Å². The monoisotopic (exact) mass is 305 g/mol. The van der Waals surface area contributed by atoms with Crippen LogP contribution in [0, 0.1) is 5.92 Å². The quantitative estimate of drug-likeness (QED) is 0.550. The zero-order valence-corrected chi connectivity index (χ0v) is 13.1. The standard InChI is InChI=1S/C12H23N3O4S/c1-7(2)9(11(17)19-3)15-10(16)8(5-6-20-4)14-12(13)18/h7-9H,5-6H2,1-4H3,(H,15,16)(H3,13,14,18). The lowest BCUT2D eigenvalue weighted by molar-refractivity contribution is -0.146. The van der Waals surface area contributed by atoms with Crippen LogP contribution in [0.5, 0.6) is 0 Å². The predicted molar refractivity (Wildman–Crippen MR) is 78.3 cm³/mol. The summed E-state index contributed by atoms with van der Waals surface area (Å²) in [5.74, 6) is -0.401. The summed E-state index contributed by atoms with van der Waals surface area (Å²) in [6.45, 7) is 3.58. The molecular formula is C12H23N3O4S. The van der Waals surface area contributed by atoms with Crippen LogP contribution in [0.25, 0.3) is 0 Å². The molecule has 2 atom stereocenters. The molecule has 4 N–H and O–H groups in total. The molecule has 0 aromatic carbocycles. The van der Waals surface area contributed by atoms with Gasteiger partial charge in [0.2, 0.25) is 5.91 Å². The van der Waals surface area contributed by atoms with Crippen LogP contribution in [0.2, 0.25) is 0 Å². The fourth-order valence-corrected chi connectivity index (χ4v) is 2.03. The highest BCUT2D eigenvalue weighted by Gasteiger charge is 2.28. The van der Waals surface area contributed by atoms with Crippen molar-refractivity contribution in [3.8, 4) is 0 Å². The molecular weight excluding hydrogens is 282 g/mol. The number of carbonyl (C=O) groups is 3. The number of primary amides is 1. The molecule has 0 fully saturated rings. The minimum absolute atomic E-state index is 0.124. The number of rotatable bonds is 8. The average molecular weight is 305 g/mol. The van der Waals surface area contributed by atoms with Gasteiger partial charge in [-0.25, -0.2) is 9.59 Å². The lowest BCUT2D eigenvalue weighted by Crippen LogP contribution is -2.54. The number of hydrogen-bond acceptors (Lipinski definition) is 5. The number of nitrogens with one attached hydrogen (secondary N) is 2. The van der Waals surface area contributed by atoms with E-state index in [4.69, 9.17) is 5.73 Å². The maximum Gasteiger partial charge on any atom is 0.328 e. The number of methoxy groups -OCH3 is 1. The second kappa shape index (κ2) is 9.46. The van der Waals surface area contributed by atoms with E-state index in [-0.39, 0.29) is 5.92 Å². The second-order valence-electron chi connectivity index (χ2n) is 4.60. The van der Waals surface area contributed by atoms with Crippen molar-refractivity contribution in [1.82, 2.24) is 10.6 Å². The van der Waals surface area contributed by atoms with Gasteiger partial charge >= 0.3 is 12.0 Å². The van der Waals surface area contributed by atoms with E-state index in [1.165, 1.54) is 7.11 Å². The summed E-state index contributed by atoms with van der Waals surface area (Å²) < 4.78 is 4.65. The van der Waals surface area contributed by atoms with Gasteiger partial charge in [0, 0.05) is 0 Å². The number of urea groups is 1. The topological polar surface area (TPSA) is 111 Å². The number of hydrogen-bond donors (Lipinski definition) is 3. The zero-order chi connectivity index (χ0) is 15.7. The third kappa shape index (κ3) is 6.65. The first-order valence-corrected chi connectivity index (χ1v) is 7.66. The Balaban J connectivity index is 4.77. The number of carbonyl (C=O) groups excluding carboxylic acids is 3. The Labute approximate surface area is 123 Å². The third-order valence-electron chi connectivity index (χ3n) is 2.66. The molecule has 0 aliphatic heterocycles. The summed E-state index contributed by atoms with van der Waals surface area (Å²) in [4.78, 5) is 34.6. The van der Waals surface area contributed by atoms with Crippen LogP contribution in [-0.2, 0) is 14.3 Å². The fourth-order valence-electron chi connectivity index (χ4n) is 1.55. The highest BCUT2D eigenvalue weighted by molar-refractivity contribution is 7.98. The molecule has 0 bridgehead atoms. The van der Waals surface area contributed by atoms with Crippen molar-refractivity contribution >= 4 is 29.7 Å². The van der Waals surface area contributed by atoms with E-state index in [9.17, 15) is 14.4 Å². The molecule has 8 heteroatoms. The number of thioether (sulfide) groups is 1. The van der Waals surface area contributed by atoms with E-state index < -0.39 is 30.0 Å². The van der Waals surface area contributed by atoms with Crippen molar-refractivity contribution in [3.05, 3.63) is 0 Å². The van der Waals surface area contributed by atoms with Gasteiger partial charge in [0.15, 0.2) is 0 Å². The van der Waals surface area contributed by atoms with Crippen LogP contribution in [0.3, 0.4) is 0 Å². The van der Waals surface area contributed by atoms with Crippen LogP contribution in [0.4, 0.5) is 4.79 Å². The molecule has 2 unspecified atom stereocenters. The molecule has 3 amide bonds. The molecule has 0 saturated heterocycles. The first-order chi connectivity index (χ1) is 9.33. The van der Waals surface area contributed by atoms with E-state index in [2.05, 4.69) is 15.4 Å². The highest BCUT2D eigenvalue weighted by atomic mass is 32.2. The maximum atomic E-state index is 12.1. The van der Waals surface area contributed by atoms with E-state index in [0.29, 0.717) is 12.2 Å². The van der Waals surface area contributed by atoms with E-state index in [1.807, 2.05) is 6.26 Å².